The first-order chi connectivity index (χ1) is 10.5. The van der Waals surface area contributed by atoms with Crippen LogP contribution in [0.5, 0.6) is 0 Å². The van der Waals surface area contributed by atoms with Gasteiger partial charge in [0.05, 0.1) is 0 Å². The maximum Gasteiger partial charge on any atom is 0.254 e. The molecular formula is C16H20BrN3O2. The molecule has 0 bridgehead atoms. The molecule has 2 amide bonds. The summed E-state index contributed by atoms with van der Waals surface area (Å²) in [5.74, 6) is -0.0694. The summed E-state index contributed by atoms with van der Waals surface area (Å²) in [4.78, 5) is 27.8. The summed E-state index contributed by atoms with van der Waals surface area (Å²) >= 11 is 3.39. The fourth-order valence-electron chi connectivity index (χ4n) is 3.21. The molecule has 0 radical (unpaired) electrons. The van der Waals surface area contributed by atoms with E-state index in [-0.39, 0.29) is 17.7 Å². The van der Waals surface area contributed by atoms with Gasteiger partial charge >= 0.3 is 0 Å². The highest BCUT2D eigenvalue weighted by molar-refractivity contribution is 9.10. The number of nitrogens with zero attached hydrogens (tertiary/aromatic N) is 2. The van der Waals surface area contributed by atoms with Gasteiger partial charge in [-0.05, 0) is 44.1 Å². The molecular weight excluding hydrogens is 346 g/mol. The predicted molar refractivity (Wildman–Crippen MR) is 87.3 cm³/mol. The van der Waals surface area contributed by atoms with Crippen molar-refractivity contribution in [3.8, 4) is 0 Å². The number of hydrogen-bond acceptors (Lipinski definition) is 3. The van der Waals surface area contributed by atoms with E-state index in [1.54, 1.807) is 0 Å². The minimum atomic E-state index is -0.181. The van der Waals surface area contributed by atoms with E-state index in [2.05, 4.69) is 20.8 Å². The molecule has 2 aliphatic heterocycles. The van der Waals surface area contributed by atoms with E-state index in [0.717, 1.165) is 49.1 Å². The predicted octanol–water partition coefficient (Wildman–Crippen LogP) is 1.47. The molecule has 0 atom stereocenters. The van der Waals surface area contributed by atoms with Crippen molar-refractivity contribution in [2.24, 2.45) is 11.7 Å². The van der Waals surface area contributed by atoms with Gasteiger partial charge in [0.25, 0.3) is 5.91 Å². The number of carbonyl (C=O) groups excluding carboxylic acids is 2. The number of rotatable bonds is 3. The fourth-order valence-corrected chi connectivity index (χ4v) is 3.60. The van der Waals surface area contributed by atoms with Crippen LogP contribution in [-0.4, -0.2) is 53.8 Å². The molecule has 2 fully saturated rings. The van der Waals surface area contributed by atoms with Crippen molar-refractivity contribution < 1.29 is 9.59 Å². The lowest BCUT2D eigenvalue weighted by Crippen LogP contribution is -2.62. The zero-order valence-electron chi connectivity index (χ0n) is 12.4. The van der Waals surface area contributed by atoms with E-state index in [1.807, 2.05) is 29.2 Å². The lowest BCUT2D eigenvalue weighted by molar-refractivity contribution is -0.123. The van der Waals surface area contributed by atoms with Gasteiger partial charge in [-0.25, -0.2) is 0 Å². The molecule has 2 heterocycles. The van der Waals surface area contributed by atoms with Gasteiger partial charge in [0.15, 0.2) is 0 Å². The maximum atomic E-state index is 12.4. The average Bonchev–Trinajstić information content (AvgIpc) is 2.46. The number of piperidine rings is 1. The molecule has 0 saturated carbocycles. The van der Waals surface area contributed by atoms with Crippen LogP contribution >= 0.6 is 15.9 Å². The number of benzene rings is 1. The standard InChI is InChI=1S/C16H20BrN3O2/c17-13-3-1-2-12(8-13)16(22)20-9-14(10-20)19-6-4-11(5-7-19)15(18)21/h1-3,8,11,14H,4-7,9-10H2,(H2,18,21). The van der Waals surface area contributed by atoms with Crippen LogP contribution in [0.3, 0.4) is 0 Å². The molecule has 2 N–H and O–H groups in total. The fraction of sp³-hybridized carbons (Fsp3) is 0.500. The van der Waals surface area contributed by atoms with Gasteiger partial charge in [0, 0.05) is 35.1 Å². The normalized spacial score (nSPS) is 20.7. The summed E-state index contributed by atoms with van der Waals surface area (Å²) in [6.45, 7) is 3.34. The number of amides is 2. The highest BCUT2D eigenvalue weighted by atomic mass is 79.9. The van der Waals surface area contributed by atoms with Gasteiger partial charge in [0.2, 0.25) is 5.91 Å². The number of primary amides is 1. The Balaban J connectivity index is 1.50. The van der Waals surface area contributed by atoms with E-state index < -0.39 is 0 Å². The Bertz CT molecular complexity index is 579. The molecule has 2 saturated heterocycles. The van der Waals surface area contributed by atoms with Crippen molar-refractivity contribution in [3.63, 3.8) is 0 Å². The highest BCUT2D eigenvalue weighted by Crippen LogP contribution is 2.24. The van der Waals surface area contributed by atoms with Crippen LogP contribution in [0.4, 0.5) is 0 Å². The largest absolute Gasteiger partial charge is 0.369 e. The molecule has 0 unspecified atom stereocenters. The van der Waals surface area contributed by atoms with Crippen LogP contribution in [0, 0.1) is 5.92 Å². The summed E-state index contributed by atoms with van der Waals surface area (Å²) in [6.07, 6.45) is 1.68. The van der Waals surface area contributed by atoms with Gasteiger partial charge < -0.3 is 10.6 Å². The van der Waals surface area contributed by atoms with Gasteiger partial charge in [-0.3, -0.25) is 14.5 Å². The SMILES string of the molecule is NC(=O)C1CCN(C2CN(C(=O)c3cccc(Br)c3)C2)CC1. The summed E-state index contributed by atoms with van der Waals surface area (Å²) in [7, 11) is 0. The Morgan fingerprint density at radius 2 is 1.86 bits per heavy atom. The zero-order chi connectivity index (χ0) is 15.7. The Labute approximate surface area is 138 Å². The molecule has 1 aromatic rings. The Morgan fingerprint density at radius 3 is 2.45 bits per heavy atom. The van der Waals surface area contributed by atoms with Crippen LogP contribution in [0.1, 0.15) is 23.2 Å². The molecule has 1 aromatic carbocycles. The quantitative estimate of drug-likeness (QED) is 0.881. The molecule has 0 spiro atoms. The maximum absolute atomic E-state index is 12.4. The first-order valence-corrected chi connectivity index (χ1v) is 8.42. The van der Waals surface area contributed by atoms with Gasteiger partial charge in [-0.2, -0.15) is 0 Å². The van der Waals surface area contributed by atoms with Crippen molar-refractivity contribution >= 4 is 27.7 Å². The second-order valence-corrected chi connectivity index (χ2v) is 7.00. The van der Waals surface area contributed by atoms with Crippen molar-refractivity contribution in [1.29, 1.82) is 0 Å². The molecule has 118 valence electrons. The third-order valence-electron chi connectivity index (χ3n) is 4.67. The first kappa shape index (κ1) is 15.5. The number of nitrogens with two attached hydrogens (primary N) is 1. The molecule has 22 heavy (non-hydrogen) atoms. The Hall–Kier alpha value is -1.40. The number of likely N-dealkylation sites (tertiary alicyclic amines) is 2. The second-order valence-electron chi connectivity index (χ2n) is 6.09. The molecule has 0 aliphatic carbocycles. The van der Waals surface area contributed by atoms with Crippen molar-refractivity contribution in [2.45, 2.75) is 18.9 Å². The van der Waals surface area contributed by atoms with Crippen LogP contribution in [0.25, 0.3) is 0 Å². The number of carbonyl (C=O) groups is 2. The number of halogens is 1. The molecule has 5 nitrogen and oxygen atoms in total. The summed E-state index contributed by atoms with van der Waals surface area (Å²) in [5, 5.41) is 0. The lowest BCUT2D eigenvalue weighted by atomic mass is 9.93. The lowest BCUT2D eigenvalue weighted by Gasteiger charge is -2.47. The Morgan fingerprint density at radius 1 is 1.18 bits per heavy atom. The molecule has 3 rings (SSSR count). The smallest absolute Gasteiger partial charge is 0.254 e. The third-order valence-corrected chi connectivity index (χ3v) is 5.16. The molecule has 0 aromatic heterocycles. The van der Waals surface area contributed by atoms with E-state index in [9.17, 15) is 9.59 Å². The highest BCUT2D eigenvalue weighted by Gasteiger charge is 2.37. The van der Waals surface area contributed by atoms with E-state index in [4.69, 9.17) is 5.73 Å². The molecule has 2 aliphatic rings. The zero-order valence-corrected chi connectivity index (χ0v) is 14.0. The van der Waals surface area contributed by atoms with Crippen molar-refractivity contribution in [1.82, 2.24) is 9.80 Å². The van der Waals surface area contributed by atoms with Crippen LogP contribution in [-0.2, 0) is 4.79 Å². The van der Waals surface area contributed by atoms with Crippen molar-refractivity contribution in [2.75, 3.05) is 26.2 Å². The van der Waals surface area contributed by atoms with Crippen LogP contribution in [0.15, 0.2) is 28.7 Å². The van der Waals surface area contributed by atoms with Gasteiger partial charge in [0.1, 0.15) is 0 Å². The topological polar surface area (TPSA) is 66.6 Å². The van der Waals surface area contributed by atoms with Crippen LogP contribution in [0.2, 0.25) is 0 Å². The van der Waals surface area contributed by atoms with Gasteiger partial charge in [-0.1, -0.05) is 22.0 Å². The first-order valence-electron chi connectivity index (χ1n) is 7.63. The van der Waals surface area contributed by atoms with Crippen LogP contribution < -0.4 is 5.73 Å². The third kappa shape index (κ3) is 3.17. The minimum Gasteiger partial charge on any atom is -0.369 e. The monoisotopic (exact) mass is 365 g/mol. The Kier molecular flexibility index (Phi) is 4.49. The number of hydrogen-bond donors (Lipinski definition) is 1. The van der Waals surface area contributed by atoms with Gasteiger partial charge in [-0.15, -0.1) is 0 Å². The van der Waals surface area contributed by atoms with Crippen molar-refractivity contribution in [3.05, 3.63) is 34.3 Å². The summed E-state index contributed by atoms with van der Waals surface area (Å²) < 4.78 is 0.920. The minimum absolute atomic E-state index is 0.0238. The summed E-state index contributed by atoms with van der Waals surface area (Å²) in [6, 6.07) is 7.92. The van der Waals surface area contributed by atoms with E-state index in [0.29, 0.717) is 6.04 Å². The summed E-state index contributed by atoms with van der Waals surface area (Å²) in [5.41, 5.74) is 6.08. The van der Waals surface area contributed by atoms with E-state index >= 15 is 0 Å². The average molecular weight is 366 g/mol. The van der Waals surface area contributed by atoms with E-state index in [1.165, 1.54) is 0 Å². The molecule has 6 heteroatoms. The second kappa shape index (κ2) is 6.38.